The Morgan fingerprint density at radius 1 is 1.08 bits per heavy atom. The summed E-state index contributed by atoms with van der Waals surface area (Å²) in [6.45, 7) is -0.625. The molecule has 0 fully saturated rings. The number of benzene rings is 1. The number of hydrogen-bond acceptors (Lipinski definition) is 5. The molecule has 2 rings (SSSR count). The number of nitrogens with one attached hydrogen (secondary N) is 1. The minimum absolute atomic E-state index is 0.131. The summed E-state index contributed by atoms with van der Waals surface area (Å²) < 4.78 is 19.1. The number of Topliss-reactive ketones (excluding diaryl/α,β-unsaturated/α-hetero) is 1. The Morgan fingerprint density at radius 2 is 1.77 bits per heavy atom. The van der Waals surface area contributed by atoms with Gasteiger partial charge in [-0.25, -0.2) is 4.39 Å². The Hall–Kier alpha value is -3.29. The maximum atomic E-state index is 12.8. The fourth-order valence-corrected chi connectivity index (χ4v) is 2.14. The van der Waals surface area contributed by atoms with E-state index in [9.17, 15) is 23.6 Å². The van der Waals surface area contributed by atoms with Gasteiger partial charge in [-0.1, -0.05) is 0 Å². The predicted molar refractivity (Wildman–Crippen MR) is 88.8 cm³/mol. The summed E-state index contributed by atoms with van der Waals surface area (Å²) in [5.74, 6) is -2.93. The SMILES string of the molecule is Cn1cccc1C(=O)NC(=O)COC(=O)CCC(=O)c1ccc(F)cc1. The highest BCUT2D eigenvalue weighted by Gasteiger charge is 2.15. The number of imide groups is 1. The third-order valence-electron chi connectivity index (χ3n) is 3.52. The summed E-state index contributed by atoms with van der Waals surface area (Å²) in [6.07, 6.45) is 1.29. The zero-order valence-electron chi connectivity index (χ0n) is 14.0. The van der Waals surface area contributed by atoms with Crippen molar-refractivity contribution in [1.82, 2.24) is 9.88 Å². The molecule has 0 saturated heterocycles. The quantitative estimate of drug-likeness (QED) is 0.598. The van der Waals surface area contributed by atoms with Gasteiger partial charge in [0.1, 0.15) is 11.5 Å². The van der Waals surface area contributed by atoms with Crippen LogP contribution in [0.2, 0.25) is 0 Å². The average molecular weight is 360 g/mol. The minimum Gasteiger partial charge on any atom is -0.456 e. The van der Waals surface area contributed by atoms with Crippen molar-refractivity contribution in [2.45, 2.75) is 12.8 Å². The standard InChI is InChI=1S/C18H17FN2O5/c1-21-10-2-3-14(21)18(25)20-16(23)11-26-17(24)9-8-15(22)12-4-6-13(19)7-5-12/h2-7,10H,8-9,11H2,1H3,(H,20,23,25). The zero-order chi connectivity index (χ0) is 19.1. The third kappa shape index (κ3) is 5.37. The number of halogens is 1. The number of aromatic nitrogens is 1. The number of aryl methyl sites for hydroxylation is 1. The van der Waals surface area contributed by atoms with E-state index in [1.165, 1.54) is 22.8 Å². The molecule has 2 aromatic rings. The molecular weight excluding hydrogens is 343 g/mol. The average Bonchev–Trinajstić information content (AvgIpc) is 3.04. The van der Waals surface area contributed by atoms with E-state index in [0.717, 1.165) is 12.1 Å². The van der Waals surface area contributed by atoms with Gasteiger partial charge >= 0.3 is 5.97 Å². The van der Waals surface area contributed by atoms with Crippen LogP contribution in [0.25, 0.3) is 0 Å². The number of nitrogens with zero attached hydrogens (tertiary/aromatic N) is 1. The second-order valence-corrected chi connectivity index (χ2v) is 5.47. The molecule has 1 heterocycles. The third-order valence-corrected chi connectivity index (χ3v) is 3.52. The van der Waals surface area contributed by atoms with Crippen LogP contribution >= 0.6 is 0 Å². The number of ketones is 1. The number of carbonyl (C=O) groups excluding carboxylic acids is 4. The van der Waals surface area contributed by atoms with Crippen LogP contribution in [-0.4, -0.2) is 34.7 Å². The van der Waals surface area contributed by atoms with E-state index in [1.54, 1.807) is 19.3 Å². The zero-order valence-corrected chi connectivity index (χ0v) is 14.0. The molecule has 0 unspecified atom stereocenters. The van der Waals surface area contributed by atoms with Crippen LogP contribution in [0.15, 0.2) is 42.6 Å². The molecule has 1 N–H and O–H groups in total. The first-order valence-electron chi connectivity index (χ1n) is 7.76. The molecule has 0 bridgehead atoms. The van der Waals surface area contributed by atoms with E-state index in [-0.39, 0.29) is 29.9 Å². The number of amides is 2. The molecule has 1 aromatic heterocycles. The lowest BCUT2D eigenvalue weighted by Gasteiger charge is -2.06. The molecule has 7 nitrogen and oxygen atoms in total. The van der Waals surface area contributed by atoms with E-state index in [1.807, 2.05) is 0 Å². The van der Waals surface area contributed by atoms with Gasteiger partial charge in [-0.15, -0.1) is 0 Å². The first-order valence-corrected chi connectivity index (χ1v) is 7.76. The largest absolute Gasteiger partial charge is 0.456 e. The summed E-state index contributed by atoms with van der Waals surface area (Å²) >= 11 is 0. The first-order chi connectivity index (χ1) is 12.4. The summed E-state index contributed by atoms with van der Waals surface area (Å²) in [5.41, 5.74) is 0.569. The summed E-state index contributed by atoms with van der Waals surface area (Å²) in [7, 11) is 1.65. The van der Waals surface area contributed by atoms with E-state index >= 15 is 0 Å². The molecule has 0 atom stereocenters. The van der Waals surface area contributed by atoms with Crippen molar-refractivity contribution < 1.29 is 28.3 Å². The Kier molecular flexibility index (Phi) is 6.37. The van der Waals surface area contributed by atoms with Gasteiger partial charge in [0.25, 0.3) is 11.8 Å². The van der Waals surface area contributed by atoms with Crippen molar-refractivity contribution in [1.29, 1.82) is 0 Å². The smallest absolute Gasteiger partial charge is 0.306 e. The second kappa shape index (κ2) is 8.70. The van der Waals surface area contributed by atoms with Crippen LogP contribution in [-0.2, 0) is 21.4 Å². The molecular formula is C18H17FN2O5. The van der Waals surface area contributed by atoms with Gasteiger partial charge in [0.05, 0.1) is 6.42 Å². The number of carbonyl (C=O) groups is 4. The fraction of sp³-hybridized carbons (Fsp3) is 0.222. The van der Waals surface area contributed by atoms with Crippen molar-refractivity contribution in [2.75, 3.05) is 6.61 Å². The molecule has 0 aliphatic heterocycles. The lowest BCUT2D eigenvalue weighted by atomic mass is 10.1. The Bertz CT molecular complexity index is 826. The van der Waals surface area contributed by atoms with Crippen molar-refractivity contribution in [3.63, 3.8) is 0 Å². The molecule has 2 amide bonds. The highest BCUT2D eigenvalue weighted by atomic mass is 19.1. The van der Waals surface area contributed by atoms with E-state index in [2.05, 4.69) is 5.32 Å². The summed E-state index contributed by atoms with van der Waals surface area (Å²) in [6, 6.07) is 8.14. The van der Waals surface area contributed by atoms with Crippen LogP contribution < -0.4 is 5.32 Å². The van der Waals surface area contributed by atoms with Gasteiger partial charge in [0, 0.05) is 25.2 Å². The minimum atomic E-state index is -0.769. The normalized spacial score (nSPS) is 10.2. The van der Waals surface area contributed by atoms with Gasteiger partial charge in [0.2, 0.25) is 0 Å². The van der Waals surface area contributed by atoms with Gasteiger partial charge in [-0.3, -0.25) is 24.5 Å². The molecule has 0 aliphatic carbocycles. The Morgan fingerprint density at radius 3 is 2.38 bits per heavy atom. The Labute approximate surface area is 148 Å². The number of ether oxygens (including phenoxy) is 1. The summed E-state index contributed by atoms with van der Waals surface area (Å²) in [4.78, 5) is 46.9. The lowest BCUT2D eigenvalue weighted by molar-refractivity contribution is -0.148. The number of esters is 1. The molecule has 136 valence electrons. The van der Waals surface area contributed by atoms with E-state index in [0.29, 0.717) is 0 Å². The van der Waals surface area contributed by atoms with Crippen molar-refractivity contribution in [2.24, 2.45) is 7.05 Å². The van der Waals surface area contributed by atoms with Gasteiger partial charge in [-0.2, -0.15) is 0 Å². The summed E-state index contributed by atoms with van der Waals surface area (Å²) in [5, 5.41) is 2.10. The molecule has 0 radical (unpaired) electrons. The highest BCUT2D eigenvalue weighted by Crippen LogP contribution is 2.08. The molecule has 0 aliphatic rings. The van der Waals surface area contributed by atoms with Crippen LogP contribution in [0.1, 0.15) is 33.7 Å². The highest BCUT2D eigenvalue weighted by molar-refractivity contribution is 6.04. The van der Waals surface area contributed by atoms with E-state index in [4.69, 9.17) is 4.74 Å². The first kappa shape index (κ1) is 19.0. The monoisotopic (exact) mass is 360 g/mol. The van der Waals surface area contributed by atoms with Crippen molar-refractivity contribution in [3.8, 4) is 0 Å². The molecule has 1 aromatic carbocycles. The van der Waals surface area contributed by atoms with E-state index < -0.39 is 30.2 Å². The van der Waals surface area contributed by atoms with Crippen LogP contribution in [0.4, 0.5) is 4.39 Å². The second-order valence-electron chi connectivity index (χ2n) is 5.47. The van der Waals surface area contributed by atoms with Crippen LogP contribution in [0.5, 0.6) is 0 Å². The van der Waals surface area contributed by atoms with Crippen molar-refractivity contribution >= 4 is 23.6 Å². The number of rotatable bonds is 7. The van der Waals surface area contributed by atoms with Gasteiger partial charge in [0.15, 0.2) is 12.4 Å². The van der Waals surface area contributed by atoms with Gasteiger partial charge < -0.3 is 9.30 Å². The molecule has 0 spiro atoms. The fourth-order valence-electron chi connectivity index (χ4n) is 2.14. The molecule has 0 saturated carbocycles. The van der Waals surface area contributed by atoms with Gasteiger partial charge in [-0.05, 0) is 36.4 Å². The molecule has 8 heteroatoms. The Balaban J connectivity index is 1.72. The lowest BCUT2D eigenvalue weighted by Crippen LogP contribution is -2.35. The van der Waals surface area contributed by atoms with Crippen LogP contribution in [0.3, 0.4) is 0 Å². The number of hydrogen-bond donors (Lipinski definition) is 1. The predicted octanol–water partition coefficient (Wildman–Crippen LogP) is 1.63. The molecule has 26 heavy (non-hydrogen) atoms. The maximum Gasteiger partial charge on any atom is 0.306 e. The van der Waals surface area contributed by atoms with Crippen molar-refractivity contribution in [3.05, 3.63) is 59.7 Å². The maximum absolute atomic E-state index is 12.8. The topological polar surface area (TPSA) is 94.5 Å². The van der Waals surface area contributed by atoms with Crippen LogP contribution in [0, 0.1) is 5.82 Å².